The topological polar surface area (TPSA) is 59.2 Å². The van der Waals surface area contributed by atoms with Gasteiger partial charge < -0.3 is 9.32 Å². The third-order valence-electron chi connectivity index (χ3n) is 3.76. The summed E-state index contributed by atoms with van der Waals surface area (Å²) in [7, 11) is 1.76. The Hall–Kier alpha value is -2.31. The Balaban J connectivity index is 1.55. The Labute approximate surface area is 161 Å². The lowest BCUT2D eigenvalue weighted by atomic mass is 10.1. The van der Waals surface area contributed by atoms with Crippen LogP contribution in [0, 0.1) is 6.92 Å². The van der Waals surface area contributed by atoms with Gasteiger partial charge in [0.15, 0.2) is 0 Å². The first-order chi connectivity index (χ1) is 12.5. The Kier molecular flexibility index (Phi) is 5.96. The Bertz CT molecular complexity index is 896. The molecule has 0 aliphatic carbocycles. The van der Waals surface area contributed by atoms with E-state index in [9.17, 15) is 4.79 Å². The summed E-state index contributed by atoms with van der Waals surface area (Å²) < 4.78 is 5.63. The number of benzene rings is 2. The molecule has 0 radical (unpaired) electrons. The standard InChI is InChI=1S/C19H18ClN3O2S/c1-13-6-8-15(9-7-13)18-21-22-19(25-18)26-12-17(24)23(2)11-14-4-3-5-16(20)10-14/h3-10H,11-12H2,1-2H3. The number of rotatable bonds is 6. The maximum Gasteiger partial charge on any atom is 0.277 e. The van der Waals surface area contributed by atoms with Gasteiger partial charge in [-0.05, 0) is 36.8 Å². The second-order valence-corrected chi connectivity index (χ2v) is 7.27. The van der Waals surface area contributed by atoms with Crippen LogP contribution in [0.2, 0.25) is 5.02 Å². The molecule has 0 bridgehead atoms. The fourth-order valence-electron chi connectivity index (χ4n) is 2.31. The summed E-state index contributed by atoms with van der Waals surface area (Å²) in [6, 6.07) is 15.3. The molecule has 0 aliphatic rings. The molecule has 1 amide bonds. The zero-order chi connectivity index (χ0) is 18.5. The Morgan fingerprint density at radius 3 is 2.69 bits per heavy atom. The molecule has 0 N–H and O–H groups in total. The molecule has 134 valence electrons. The van der Waals surface area contributed by atoms with Crippen LogP contribution in [0.25, 0.3) is 11.5 Å². The highest BCUT2D eigenvalue weighted by atomic mass is 35.5. The summed E-state index contributed by atoms with van der Waals surface area (Å²) in [4.78, 5) is 14.0. The largest absolute Gasteiger partial charge is 0.411 e. The number of carbonyl (C=O) groups is 1. The van der Waals surface area contributed by atoms with E-state index in [1.807, 2.05) is 55.5 Å². The van der Waals surface area contributed by atoms with Gasteiger partial charge in [-0.15, -0.1) is 10.2 Å². The second kappa shape index (κ2) is 8.38. The lowest BCUT2D eigenvalue weighted by Gasteiger charge is -2.16. The lowest BCUT2D eigenvalue weighted by molar-refractivity contribution is -0.127. The number of hydrogen-bond donors (Lipinski definition) is 0. The van der Waals surface area contributed by atoms with Crippen molar-refractivity contribution in [3.8, 4) is 11.5 Å². The van der Waals surface area contributed by atoms with E-state index < -0.39 is 0 Å². The molecule has 0 aliphatic heterocycles. The van der Waals surface area contributed by atoms with Crippen molar-refractivity contribution in [2.75, 3.05) is 12.8 Å². The fraction of sp³-hybridized carbons (Fsp3) is 0.211. The average Bonchev–Trinajstić information content (AvgIpc) is 3.09. The number of thioether (sulfide) groups is 1. The molecule has 2 aromatic carbocycles. The molecule has 26 heavy (non-hydrogen) atoms. The third kappa shape index (κ3) is 4.86. The molecule has 0 unspecified atom stereocenters. The smallest absolute Gasteiger partial charge is 0.277 e. The van der Waals surface area contributed by atoms with Crippen LogP contribution in [0.1, 0.15) is 11.1 Å². The van der Waals surface area contributed by atoms with Crippen molar-refractivity contribution in [1.29, 1.82) is 0 Å². The van der Waals surface area contributed by atoms with E-state index in [2.05, 4.69) is 10.2 Å². The van der Waals surface area contributed by atoms with Crippen LogP contribution in [0.4, 0.5) is 0 Å². The predicted octanol–water partition coefficient (Wildman–Crippen LogP) is 4.45. The van der Waals surface area contributed by atoms with Crippen LogP contribution < -0.4 is 0 Å². The first-order valence-corrected chi connectivity index (χ1v) is 9.39. The van der Waals surface area contributed by atoms with Gasteiger partial charge in [-0.1, -0.05) is 53.2 Å². The van der Waals surface area contributed by atoms with Crippen molar-refractivity contribution >= 4 is 29.3 Å². The molecule has 0 saturated heterocycles. The van der Waals surface area contributed by atoms with E-state index in [0.29, 0.717) is 22.7 Å². The molecule has 3 aromatic rings. The number of aromatic nitrogens is 2. The van der Waals surface area contributed by atoms with Crippen molar-refractivity contribution < 1.29 is 9.21 Å². The van der Waals surface area contributed by atoms with Crippen LogP contribution in [-0.2, 0) is 11.3 Å². The van der Waals surface area contributed by atoms with Gasteiger partial charge in [0.25, 0.3) is 5.22 Å². The Morgan fingerprint density at radius 1 is 1.19 bits per heavy atom. The summed E-state index contributed by atoms with van der Waals surface area (Å²) in [5, 5.41) is 9.08. The summed E-state index contributed by atoms with van der Waals surface area (Å²) in [5.74, 6) is 0.657. The molecule has 5 nitrogen and oxygen atoms in total. The van der Waals surface area contributed by atoms with Gasteiger partial charge in [-0.25, -0.2) is 0 Å². The van der Waals surface area contributed by atoms with Gasteiger partial charge in [0.2, 0.25) is 11.8 Å². The van der Waals surface area contributed by atoms with Crippen molar-refractivity contribution in [2.24, 2.45) is 0 Å². The molecular formula is C19H18ClN3O2S. The predicted molar refractivity (Wildman–Crippen MR) is 103 cm³/mol. The number of carbonyl (C=O) groups excluding carboxylic acids is 1. The van der Waals surface area contributed by atoms with Gasteiger partial charge in [0.1, 0.15) is 0 Å². The van der Waals surface area contributed by atoms with Gasteiger partial charge in [0.05, 0.1) is 5.75 Å². The van der Waals surface area contributed by atoms with Crippen molar-refractivity contribution in [3.63, 3.8) is 0 Å². The molecule has 0 atom stereocenters. The highest BCUT2D eigenvalue weighted by Gasteiger charge is 2.14. The van der Waals surface area contributed by atoms with E-state index >= 15 is 0 Å². The van der Waals surface area contributed by atoms with Crippen LogP contribution in [0.5, 0.6) is 0 Å². The SMILES string of the molecule is Cc1ccc(-c2nnc(SCC(=O)N(C)Cc3cccc(Cl)c3)o2)cc1. The normalized spacial score (nSPS) is 10.7. The summed E-state index contributed by atoms with van der Waals surface area (Å²) in [6.07, 6.45) is 0. The maximum absolute atomic E-state index is 12.3. The summed E-state index contributed by atoms with van der Waals surface area (Å²) >= 11 is 7.21. The minimum absolute atomic E-state index is 0.0231. The van der Waals surface area contributed by atoms with Crippen LogP contribution in [-0.4, -0.2) is 33.8 Å². The highest BCUT2D eigenvalue weighted by molar-refractivity contribution is 7.99. The van der Waals surface area contributed by atoms with Gasteiger partial charge >= 0.3 is 0 Å². The van der Waals surface area contributed by atoms with E-state index in [0.717, 1.165) is 16.7 Å². The molecule has 0 saturated carbocycles. The summed E-state index contributed by atoms with van der Waals surface area (Å²) in [6.45, 7) is 2.52. The molecule has 0 spiro atoms. The number of aryl methyl sites for hydroxylation is 1. The van der Waals surface area contributed by atoms with Crippen LogP contribution in [0.15, 0.2) is 58.2 Å². The zero-order valence-electron chi connectivity index (χ0n) is 14.5. The molecule has 0 fully saturated rings. The van der Waals surface area contributed by atoms with Gasteiger partial charge in [-0.2, -0.15) is 0 Å². The minimum Gasteiger partial charge on any atom is -0.411 e. The number of halogens is 1. The van der Waals surface area contributed by atoms with Gasteiger partial charge in [0, 0.05) is 24.2 Å². The molecule has 7 heteroatoms. The van der Waals surface area contributed by atoms with Crippen LogP contribution in [0.3, 0.4) is 0 Å². The van der Waals surface area contributed by atoms with Gasteiger partial charge in [-0.3, -0.25) is 4.79 Å². The first-order valence-electron chi connectivity index (χ1n) is 8.03. The number of hydrogen-bond acceptors (Lipinski definition) is 5. The highest BCUT2D eigenvalue weighted by Crippen LogP contribution is 2.23. The minimum atomic E-state index is -0.0231. The van der Waals surface area contributed by atoms with E-state index in [4.69, 9.17) is 16.0 Å². The molecule has 1 heterocycles. The molecule has 3 rings (SSSR count). The quantitative estimate of drug-likeness (QED) is 0.585. The maximum atomic E-state index is 12.3. The van der Waals surface area contributed by atoms with Crippen molar-refractivity contribution in [3.05, 3.63) is 64.7 Å². The third-order valence-corrected chi connectivity index (χ3v) is 4.80. The second-order valence-electron chi connectivity index (χ2n) is 5.91. The summed E-state index contributed by atoms with van der Waals surface area (Å²) in [5.41, 5.74) is 3.01. The average molecular weight is 388 g/mol. The zero-order valence-corrected chi connectivity index (χ0v) is 16.0. The number of amides is 1. The molecular weight excluding hydrogens is 370 g/mol. The molecule has 1 aromatic heterocycles. The first kappa shape index (κ1) is 18.5. The van der Waals surface area contributed by atoms with Crippen molar-refractivity contribution in [2.45, 2.75) is 18.7 Å². The Morgan fingerprint density at radius 2 is 1.96 bits per heavy atom. The van der Waals surface area contributed by atoms with E-state index in [1.54, 1.807) is 11.9 Å². The number of nitrogens with zero attached hydrogens (tertiary/aromatic N) is 3. The van der Waals surface area contributed by atoms with Crippen LogP contribution >= 0.6 is 23.4 Å². The van der Waals surface area contributed by atoms with Crippen molar-refractivity contribution in [1.82, 2.24) is 15.1 Å². The lowest BCUT2D eigenvalue weighted by Crippen LogP contribution is -2.27. The monoisotopic (exact) mass is 387 g/mol. The van der Waals surface area contributed by atoms with E-state index in [1.165, 1.54) is 11.8 Å². The fourth-order valence-corrected chi connectivity index (χ4v) is 3.23. The van der Waals surface area contributed by atoms with E-state index in [-0.39, 0.29) is 11.7 Å².